The Hall–Kier alpha value is -0.930. The van der Waals surface area contributed by atoms with Crippen molar-refractivity contribution in [3.63, 3.8) is 0 Å². The van der Waals surface area contributed by atoms with Crippen molar-refractivity contribution in [2.24, 2.45) is 0 Å². The number of nitrogens with one attached hydrogen (secondary N) is 1. The summed E-state index contributed by atoms with van der Waals surface area (Å²) >= 11 is 1.79. The number of rotatable bonds is 1. The zero-order valence-electron chi connectivity index (χ0n) is 9.49. The van der Waals surface area contributed by atoms with Crippen molar-refractivity contribution in [2.45, 2.75) is 32.2 Å². The first-order valence-corrected chi connectivity index (χ1v) is 6.75. The van der Waals surface area contributed by atoms with Gasteiger partial charge in [-0.25, -0.2) is 4.98 Å². The fourth-order valence-corrected chi connectivity index (χ4v) is 3.29. The van der Waals surface area contributed by atoms with Crippen LogP contribution < -0.4 is 5.32 Å². The van der Waals surface area contributed by atoms with Gasteiger partial charge in [-0.2, -0.15) is 0 Å². The van der Waals surface area contributed by atoms with Crippen LogP contribution in [0.1, 0.15) is 35.9 Å². The first-order chi connectivity index (χ1) is 7.83. The molecule has 3 rings (SSSR count). The minimum Gasteiger partial charge on any atom is -0.310 e. The van der Waals surface area contributed by atoms with E-state index in [1.165, 1.54) is 29.5 Å². The van der Waals surface area contributed by atoms with Crippen LogP contribution in [-0.4, -0.2) is 11.5 Å². The molecule has 0 amide bonds. The predicted octanol–water partition coefficient (Wildman–Crippen LogP) is 3.42. The van der Waals surface area contributed by atoms with Gasteiger partial charge < -0.3 is 5.32 Å². The van der Waals surface area contributed by atoms with Gasteiger partial charge in [0, 0.05) is 6.04 Å². The van der Waals surface area contributed by atoms with E-state index in [-0.39, 0.29) is 0 Å². The summed E-state index contributed by atoms with van der Waals surface area (Å²) in [4.78, 5) is 4.50. The smallest absolute Gasteiger partial charge is 0.0907 e. The van der Waals surface area contributed by atoms with E-state index < -0.39 is 0 Å². The first-order valence-electron chi connectivity index (χ1n) is 5.93. The van der Waals surface area contributed by atoms with Crippen LogP contribution in [-0.2, 0) is 0 Å². The van der Waals surface area contributed by atoms with Gasteiger partial charge in [0.2, 0.25) is 0 Å². The van der Waals surface area contributed by atoms with Crippen molar-refractivity contribution >= 4 is 21.6 Å². The molecule has 1 atom stereocenters. The van der Waals surface area contributed by atoms with E-state index in [0.29, 0.717) is 6.04 Å². The third kappa shape index (κ3) is 1.85. The average molecular weight is 232 g/mol. The lowest BCUT2D eigenvalue weighted by molar-refractivity contribution is 0.412. The highest BCUT2D eigenvalue weighted by Crippen LogP contribution is 2.28. The lowest BCUT2D eigenvalue weighted by Crippen LogP contribution is -2.26. The second-order valence-electron chi connectivity index (χ2n) is 4.46. The number of thiazole rings is 1. The van der Waals surface area contributed by atoms with Gasteiger partial charge in [0.25, 0.3) is 0 Å². The standard InChI is InChI=1S/C13H16N2S/c1-9-15-12-6-5-10(8-13(12)16-9)11-4-2-3-7-14-11/h5-6,8,11,14H,2-4,7H2,1H3/t11-/m1/s1. The molecule has 1 N–H and O–H groups in total. The molecule has 84 valence electrons. The van der Waals surface area contributed by atoms with E-state index in [2.05, 4.69) is 35.4 Å². The summed E-state index contributed by atoms with van der Waals surface area (Å²) < 4.78 is 1.32. The molecule has 3 heteroatoms. The van der Waals surface area contributed by atoms with Crippen LogP contribution in [0.4, 0.5) is 0 Å². The highest BCUT2D eigenvalue weighted by molar-refractivity contribution is 7.18. The number of piperidine rings is 1. The minimum absolute atomic E-state index is 0.556. The number of hydrogen-bond donors (Lipinski definition) is 1. The van der Waals surface area contributed by atoms with Gasteiger partial charge in [-0.3, -0.25) is 0 Å². The molecule has 0 radical (unpaired) electrons. The highest BCUT2D eigenvalue weighted by atomic mass is 32.1. The Morgan fingerprint density at radius 2 is 2.31 bits per heavy atom. The fraction of sp³-hybridized carbons (Fsp3) is 0.462. The van der Waals surface area contributed by atoms with E-state index in [4.69, 9.17) is 0 Å². The minimum atomic E-state index is 0.556. The third-order valence-electron chi connectivity index (χ3n) is 3.23. The summed E-state index contributed by atoms with van der Waals surface area (Å²) in [5.41, 5.74) is 2.57. The Bertz CT molecular complexity index is 498. The molecule has 0 unspecified atom stereocenters. The number of fused-ring (bicyclic) bond motifs is 1. The van der Waals surface area contributed by atoms with Crippen LogP contribution in [0.25, 0.3) is 10.2 Å². The highest BCUT2D eigenvalue weighted by Gasteiger charge is 2.15. The lowest BCUT2D eigenvalue weighted by Gasteiger charge is -2.23. The fourth-order valence-electron chi connectivity index (χ4n) is 2.41. The van der Waals surface area contributed by atoms with Gasteiger partial charge in [0.1, 0.15) is 0 Å². The molecule has 0 saturated carbocycles. The summed E-state index contributed by atoms with van der Waals surface area (Å²) in [6.45, 7) is 3.23. The van der Waals surface area contributed by atoms with Crippen molar-refractivity contribution in [3.05, 3.63) is 28.8 Å². The molecule has 1 aromatic carbocycles. The molecular formula is C13H16N2S. The SMILES string of the molecule is Cc1nc2ccc([C@H]3CCCCN3)cc2s1. The van der Waals surface area contributed by atoms with Crippen LogP contribution in [0.2, 0.25) is 0 Å². The number of benzene rings is 1. The van der Waals surface area contributed by atoms with E-state index in [0.717, 1.165) is 17.1 Å². The summed E-state index contributed by atoms with van der Waals surface area (Å²) in [5.74, 6) is 0. The predicted molar refractivity (Wildman–Crippen MR) is 69.0 cm³/mol. The van der Waals surface area contributed by atoms with Gasteiger partial charge in [0.05, 0.1) is 15.2 Å². The van der Waals surface area contributed by atoms with E-state index in [9.17, 15) is 0 Å². The van der Waals surface area contributed by atoms with Crippen molar-refractivity contribution in [1.29, 1.82) is 0 Å². The molecule has 0 spiro atoms. The van der Waals surface area contributed by atoms with Crippen molar-refractivity contribution in [2.75, 3.05) is 6.54 Å². The van der Waals surface area contributed by atoms with Gasteiger partial charge in [-0.1, -0.05) is 12.5 Å². The Balaban J connectivity index is 1.97. The maximum absolute atomic E-state index is 4.50. The molecule has 16 heavy (non-hydrogen) atoms. The summed E-state index contributed by atoms with van der Waals surface area (Å²) in [5, 5.41) is 4.75. The van der Waals surface area contributed by atoms with Crippen molar-refractivity contribution in [3.8, 4) is 0 Å². The Morgan fingerprint density at radius 3 is 3.12 bits per heavy atom. The molecule has 1 aliphatic heterocycles. The molecule has 0 bridgehead atoms. The topological polar surface area (TPSA) is 24.9 Å². The van der Waals surface area contributed by atoms with Gasteiger partial charge in [-0.15, -0.1) is 11.3 Å². The second-order valence-corrected chi connectivity index (χ2v) is 5.70. The first kappa shape index (κ1) is 10.2. The summed E-state index contributed by atoms with van der Waals surface area (Å²) in [7, 11) is 0. The molecule has 1 saturated heterocycles. The van der Waals surface area contributed by atoms with Crippen LogP contribution in [0.3, 0.4) is 0 Å². The van der Waals surface area contributed by atoms with Crippen molar-refractivity contribution in [1.82, 2.24) is 10.3 Å². The Morgan fingerprint density at radius 1 is 1.38 bits per heavy atom. The van der Waals surface area contributed by atoms with Gasteiger partial charge in [-0.05, 0) is 44.0 Å². The van der Waals surface area contributed by atoms with E-state index >= 15 is 0 Å². The molecule has 1 aliphatic rings. The normalized spacial score (nSPS) is 21.4. The number of aryl methyl sites for hydroxylation is 1. The largest absolute Gasteiger partial charge is 0.310 e. The summed E-state index contributed by atoms with van der Waals surface area (Å²) in [6, 6.07) is 7.25. The molecular weight excluding hydrogens is 216 g/mol. The second kappa shape index (κ2) is 4.15. The number of hydrogen-bond acceptors (Lipinski definition) is 3. The average Bonchev–Trinajstić information content (AvgIpc) is 2.69. The van der Waals surface area contributed by atoms with Crippen LogP contribution in [0.15, 0.2) is 18.2 Å². The molecule has 2 nitrogen and oxygen atoms in total. The number of aromatic nitrogens is 1. The van der Waals surface area contributed by atoms with Crippen LogP contribution >= 0.6 is 11.3 Å². The van der Waals surface area contributed by atoms with Gasteiger partial charge >= 0.3 is 0 Å². The Kier molecular flexibility index (Phi) is 2.65. The van der Waals surface area contributed by atoms with Gasteiger partial charge in [0.15, 0.2) is 0 Å². The zero-order chi connectivity index (χ0) is 11.0. The summed E-state index contributed by atoms with van der Waals surface area (Å²) in [6.07, 6.45) is 3.93. The molecule has 1 fully saturated rings. The molecule has 2 aromatic rings. The molecule has 0 aliphatic carbocycles. The van der Waals surface area contributed by atoms with E-state index in [1.807, 2.05) is 0 Å². The Labute approximate surface area is 99.7 Å². The maximum atomic E-state index is 4.50. The zero-order valence-corrected chi connectivity index (χ0v) is 10.3. The third-order valence-corrected chi connectivity index (χ3v) is 4.17. The maximum Gasteiger partial charge on any atom is 0.0907 e. The molecule has 1 aromatic heterocycles. The number of nitrogens with zero attached hydrogens (tertiary/aromatic N) is 1. The van der Waals surface area contributed by atoms with Crippen LogP contribution in [0, 0.1) is 6.92 Å². The molecule has 2 heterocycles. The van der Waals surface area contributed by atoms with E-state index in [1.54, 1.807) is 11.3 Å². The quantitative estimate of drug-likeness (QED) is 0.815. The van der Waals surface area contributed by atoms with Crippen molar-refractivity contribution < 1.29 is 0 Å². The van der Waals surface area contributed by atoms with Crippen LogP contribution in [0.5, 0.6) is 0 Å². The monoisotopic (exact) mass is 232 g/mol. The lowest BCUT2D eigenvalue weighted by atomic mass is 9.97.